The van der Waals surface area contributed by atoms with E-state index >= 15 is 0 Å². The van der Waals surface area contributed by atoms with Gasteiger partial charge in [-0.15, -0.1) is 0 Å². The number of esters is 1. The summed E-state index contributed by atoms with van der Waals surface area (Å²) in [5, 5.41) is 0.447. The lowest BCUT2D eigenvalue weighted by molar-refractivity contribution is -0.154. The molecule has 0 radical (unpaired) electrons. The Hall–Kier alpha value is -1.62. The van der Waals surface area contributed by atoms with Crippen molar-refractivity contribution in [2.75, 3.05) is 7.11 Å². The van der Waals surface area contributed by atoms with Gasteiger partial charge in [-0.1, -0.05) is 18.0 Å². The van der Waals surface area contributed by atoms with Gasteiger partial charge in [0.1, 0.15) is 11.3 Å². The second-order valence-corrected chi connectivity index (χ2v) is 6.29. The first kappa shape index (κ1) is 14.3. The quantitative estimate of drug-likeness (QED) is 0.799. The highest BCUT2D eigenvalue weighted by Gasteiger charge is 2.41. The number of carbonyl (C=O) groups is 1. The largest absolute Gasteiger partial charge is 0.469 e. The van der Waals surface area contributed by atoms with Crippen LogP contribution in [0, 0.1) is 5.41 Å². The van der Waals surface area contributed by atoms with E-state index in [2.05, 4.69) is 9.97 Å². The van der Waals surface area contributed by atoms with E-state index in [1.54, 1.807) is 12.4 Å². The summed E-state index contributed by atoms with van der Waals surface area (Å²) in [4.78, 5) is 20.6. The fraction of sp³-hybridized carbons (Fsp3) is 0.533. The second kappa shape index (κ2) is 5.30. The van der Waals surface area contributed by atoms with E-state index in [1.807, 2.05) is 17.5 Å². The van der Waals surface area contributed by atoms with Gasteiger partial charge in [-0.3, -0.25) is 9.20 Å². The molecule has 0 N–H and O–H groups in total. The van der Waals surface area contributed by atoms with E-state index in [0.29, 0.717) is 5.15 Å². The third kappa shape index (κ3) is 2.39. The minimum atomic E-state index is -0.430. The SMILES string of the molecule is COC(=O)[C@]1(C)CCC[C@H](c2ncc3c(Cl)nccn23)C1. The van der Waals surface area contributed by atoms with Gasteiger partial charge >= 0.3 is 5.97 Å². The van der Waals surface area contributed by atoms with Gasteiger partial charge in [0.25, 0.3) is 0 Å². The van der Waals surface area contributed by atoms with Crippen molar-refractivity contribution >= 4 is 23.1 Å². The van der Waals surface area contributed by atoms with Crippen molar-refractivity contribution in [1.29, 1.82) is 0 Å². The molecule has 2 aromatic heterocycles. The number of carbonyl (C=O) groups excluding carboxylic acids is 1. The summed E-state index contributed by atoms with van der Waals surface area (Å²) in [5.41, 5.74) is 0.375. The normalized spacial score (nSPS) is 26.0. The number of hydrogen-bond donors (Lipinski definition) is 0. The molecule has 6 heteroatoms. The Labute approximate surface area is 128 Å². The molecule has 2 atom stereocenters. The van der Waals surface area contributed by atoms with Crippen LogP contribution in [-0.2, 0) is 9.53 Å². The number of aromatic nitrogens is 3. The third-order valence-corrected chi connectivity index (χ3v) is 4.75. The monoisotopic (exact) mass is 307 g/mol. The number of ether oxygens (including phenoxy) is 1. The van der Waals surface area contributed by atoms with Gasteiger partial charge in [-0.05, 0) is 26.2 Å². The van der Waals surface area contributed by atoms with Gasteiger partial charge in [0.15, 0.2) is 5.15 Å². The molecule has 0 amide bonds. The summed E-state index contributed by atoms with van der Waals surface area (Å²) in [6.45, 7) is 1.98. The molecule has 2 aromatic rings. The Morgan fingerprint density at radius 2 is 2.33 bits per heavy atom. The molecule has 5 nitrogen and oxygen atoms in total. The van der Waals surface area contributed by atoms with Crippen LogP contribution in [-0.4, -0.2) is 27.4 Å². The molecule has 112 valence electrons. The van der Waals surface area contributed by atoms with Gasteiger partial charge in [0, 0.05) is 18.3 Å². The van der Waals surface area contributed by atoms with Gasteiger partial charge in [0.05, 0.1) is 18.7 Å². The van der Waals surface area contributed by atoms with Crippen molar-refractivity contribution in [3.63, 3.8) is 0 Å². The molecule has 0 unspecified atom stereocenters. The zero-order valence-electron chi connectivity index (χ0n) is 12.2. The Bertz CT molecular complexity index is 685. The van der Waals surface area contributed by atoms with Crippen molar-refractivity contribution in [2.24, 2.45) is 5.41 Å². The maximum Gasteiger partial charge on any atom is 0.311 e. The topological polar surface area (TPSA) is 56.5 Å². The molecular formula is C15H18ClN3O2. The van der Waals surface area contributed by atoms with Crippen molar-refractivity contribution in [2.45, 2.75) is 38.5 Å². The number of imidazole rings is 1. The molecule has 3 rings (SSSR count). The maximum atomic E-state index is 12.0. The van der Waals surface area contributed by atoms with Crippen molar-refractivity contribution in [1.82, 2.24) is 14.4 Å². The summed E-state index contributed by atoms with van der Waals surface area (Å²) in [6.07, 6.45) is 8.90. The second-order valence-electron chi connectivity index (χ2n) is 5.94. The smallest absolute Gasteiger partial charge is 0.311 e. The first-order chi connectivity index (χ1) is 10.0. The van der Waals surface area contributed by atoms with E-state index in [-0.39, 0.29) is 11.9 Å². The van der Waals surface area contributed by atoms with E-state index in [4.69, 9.17) is 16.3 Å². The summed E-state index contributed by atoms with van der Waals surface area (Å²) in [7, 11) is 1.45. The fourth-order valence-electron chi connectivity index (χ4n) is 3.36. The predicted molar refractivity (Wildman–Crippen MR) is 79.3 cm³/mol. The number of rotatable bonds is 2. The van der Waals surface area contributed by atoms with Crippen LogP contribution in [0.1, 0.15) is 44.3 Å². The average Bonchev–Trinajstić information content (AvgIpc) is 2.92. The summed E-state index contributed by atoms with van der Waals surface area (Å²) in [6, 6.07) is 0. The highest BCUT2D eigenvalue weighted by atomic mass is 35.5. The molecule has 2 heterocycles. The molecule has 0 spiro atoms. The minimum absolute atomic E-state index is 0.132. The lowest BCUT2D eigenvalue weighted by Gasteiger charge is -2.35. The summed E-state index contributed by atoms with van der Waals surface area (Å²) >= 11 is 6.09. The Balaban J connectivity index is 1.96. The van der Waals surface area contributed by atoms with Crippen LogP contribution in [0.4, 0.5) is 0 Å². The molecule has 0 aromatic carbocycles. The Morgan fingerprint density at radius 3 is 3.10 bits per heavy atom. The van der Waals surface area contributed by atoms with E-state index < -0.39 is 5.41 Å². The van der Waals surface area contributed by atoms with Crippen LogP contribution < -0.4 is 0 Å². The highest BCUT2D eigenvalue weighted by Crippen LogP contribution is 2.44. The molecule has 0 aliphatic heterocycles. The summed E-state index contributed by atoms with van der Waals surface area (Å²) < 4.78 is 6.94. The number of hydrogen-bond acceptors (Lipinski definition) is 4. The Kier molecular flexibility index (Phi) is 3.61. The molecule has 1 saturated carbocycles. The summed E-state index contributed by atoms with van der Waals surface area (Å²) in [5.74, 6) is 1.04. The van der Waals surface area contributed by atoms with Gasteiger partial charge in [0.2, 0.25) is 0 Å². The van der Waals surface area contributed by atoms with Crippen molar-refractivity contribution in [3.05, 3.63) is 29.6 Å². The van der Waals surface area contributed by atoms with Crippen LogP contribution in [0.15, 0.2) is 18.6 Å². The van der Waals surface area contributed by atoms with Crippen LogP contribution in [0.25, 0.3) is 5.52 Å². The van der Waals surface area contributed by atoms with Gasteiger partial charge < -0.3 is 4.74 Å². The third-order valence-electron chi connectivity index (χ3n) is 4.46. The molecule has 1 aliphatic carbocycles. The van der Waals surface area contributed by atoms with Crippen LogP contribution in [0.5, 0.6) is 0 Å². The zero-order valence-corrected chi connectivity index (χ0v) is 12.9. The van der Waals surface area contributed by atoms with E-state index in [0.717, 1.165) is 37.0 Å². The lowest BCUT2D eigenvalue weighted by atomic mass is 9.70. The van der Waals surface area contributed by atoms with Crippen LogP contribution in [0.3, 0.4) is 0 Å². The number of nitrogens with zero attached hydrogens (tertiary/aromatic N) is 3. The minimum Gasteiger partial charge on any atom is -0.469 e. The highest BCUT2D eigenvalue weighted by molar-refractivity contribution is 6.32. The zero-order chi connectivity index (χ0) is 15.0. The molecular weight excluding hydrogens is 290 g/mol. The van der Waals surface area contributed by atoms with E-state index in [9.17, 15) is 4.79 Å². The van der Waals surface area contributed by atoms with Crippen molar-refractivity contribution in [3.8, 4) is 0 Å². The van der Waals surface area contributed by atoms with Crippen LogP contribution >= 0.6 is 11.6 Å². The first-order valence-corrected chi connectivity index (χ1v) is 7.49. The van der Waals surface area contributed by atoms with E-state index in [1.165, 1.54) is 7.11 Å². The molecule has 1 fully saturated rings. The molecule has 0 bridgehead atoms. The lowest BCUT2D eigenvalue weighted by Crippen LogP contribution is -2.34. The van der Waals surface area contributed by atoms with Gasteiger partial charge in [-0.2, -0.15) is 0 Å². The Morgan fingerprint density at radius 1 is 1.52 bits per heavy atom. The fourth-order valence-corrected chi connectivity index (χ4v) is 3.55. The van der Waals surface area contributed by atoms with Gasteiger partial charge in [-0.25, -0.2) is 9.97 Å². The number of halogens is 1. The molecule has 0 saturated heterocycles. The standard InChI is InChI=1S/C15H18ClN3O2/c1-15(14(20)21-2)5-3-4-10(8-15)13-18-9-11-12(16)17-6-7-19(11)13/h6-7,9-10H,3-5,8H2,1-2H3/t10-,15+/m0/s1. The maximum absolute atomic E-state index is 12.0. The van der Waals surface area contributed by atoms with Crippen molar-refractivity contribution < 1.29 is 9.53 Å². The predicted octanol–water partition coefficient (Wildman–Crippen LogP) is 3.22. The number of fused-ring (bicyclic) bond motifs is 1. The number of methoxy groups -OCH3 is 1. The molecule has 1 aliphatic rings. The first-order valence-electron chi connectivity index (χ1n) is 7.11. The average molecular weight is 308 g/mol. The van der Waals surface area contributed by atoms with Crippen LogP contribution in [0.2, 0.25) is 5.15 Å². The molecule has 21 heavy (non-hydrogen) atoms.